The maximum atomic E-state index is 11.1. The predicted octanol–water partition coefficient (Wildman–Crippen LogP) is 3.04. The van der Waals surface area contributed by atoms with Crippen LogP contribution in [0.15, 0.2) is 60.3 Å². The Kier molecular flexibility index (Phi) is 4.93. The second-order valence-electron chi connectivity index (χ2n) is 4.53. The molecule has 0 unspecified atom stereocenters. The lowest BCUT2D eigenvalue weighted by Crippen LogP contribution is -2.24. The number of aliphatic carboxylic acids is 1. The number of carbonyl (C=O) groups excluding carboxylic acids is 1. The largest absolute Gasteiger partial charge is 0.477 e. The third kappa shape index (κ3) is 4.49. The minimum atomic E-state index is -1.20. The van der Waals surface area contributed by atoms with Crippen molar-refractivity contribution in [1.29, 1.82) is 0 Å². The van der Waals surface area contributed by atoms with E-state index in [2.05, 4.69) is 5.32 Å². The van der Waals surface area contributed by atoms with Gasteiger partial charge in [0, 0.05) is 6.92 Å². The summed E-state index contributed by atoms with van der Waals surface area (Å²) >= 11 is 0. The van der Waals surface area contributed by atoms with Crippen LogP contribution in [0.2, 0.25) is 0 Å². The minimum absolute atomic E-state index is 0.190. The van der Waals surface area contributed by atoms with Crippen LogP contribution < -0.4 is 10.1 Å². The average Bonchev–Trinajstić information content (AvgIpc) is 2.47. The molecule has 0 saturated heterocycles. The van der Waals surface area contributed by atoms with Crippen LogP contribution in [0, 0.1) is 0 Å². The van der Waals surface area contributed by atoms with E-state index in [1.165, 1.54) is 13.0 Å². The van der Waals surface area contributed by atoms with Gasteiger partial charge >= 0.3 is 5.97 Å². The fourth-order valence-corrected chi connectivity index (χ4v) is 1.80. The van der Waals surface area contributed by atoms with E-state index in [9.17, 15) is 9.59 Å². The summed E-state index contributed by atoms with van der Waals surface area (Å²) in [5.41, 5.74) is 0.420. The van der Waals surface area contributed by atoms with E-state index in [0.29, 0.717) is 17.1 Å². The minimum Gasteiger partial charge on any atom is -0.477 e. The summed E-state index contributed by atoms with van der Waals surface area (Å²) in [4.78, 5) is 22.1. The summed E-state index contributed by atoms with van der Waals surface area (Å²) in [6.07, 6.45) is 1.38. The lowest BCUT2D eigenvalue weighted by Gasteiger charge is -2.07. The van der Waals surface area contributed by atoms with Crippen molar-refractivity contribution < 1.29 is 19.4 Å². The van der Waals surface area contributed by atoms with Gasteiger partial charge in [0.1, 0.15) is 17.2 Å². The maximum Gasteiger partial charge on any atom is 0.352 e. The number of amides is 1. The number of carboxylic acids is 1. The highest BCUT2D eigenvalue weighted by Crippen LogP contribution is 2.22. The molecule has 1 amide bonds. The molecule has 0 heterocycles. The SMILES string of the molecule is CC(=O)NC(=Cc1cccc(Oc2ccccc2)c1)C(=O)O. The zero-order valence-electron chi connectivity index (χ0n) is 11.9. The Balaban J connectivity index is 2.23. The van der Waals surface area contributed by atoms with Crippen molar-refractivity contribution in [2.45, 2.75) is 6.92 Å². The Morgan fingerprint density at radius 2 is 1.73 bits per heavy atom. The molecule has 0 spiro atoms. The molecule has 0 aliphatic carbocycles. The van der Waals surface area contributed by atoms with Crippen LogP contribution in [0.1, 0.15) is 12.5 Å². The number of ether oxygens (including phenoxy) is 1. The van der Waals surface area contributed by atoms with Gasteiger partial charge in [-0.05, 0) is 35.9 Å². The summed E-state index contributed by atoms with van der Waals surface area (Å²) in [5, 5.41) is 11.4. The van der Waals surface area contributed by atoms with Crippen molar-refractivity contribution in [1.82, 2.24) is 5.32 Å². The van der Waals surface area contributed by atoms with Crippen LogP contribution in [0.4, 0.5) is 0 Å². The van der Waals surface area contributed by atoms with Gasteiger partial charge in [0.05, 0.1) is 0 Å². The fraction of sp³-hybridized carbons (Fsp3) is 0.0588. The van der Waals surface area contributed by atoms with Crippen molar-refractivity contribution in [3.8, 4) is 11.5 Å². The molecule has 2 N–H and O–H groups in total. The molecule has 0 fully saturated rings. The normalized spacial score (nSPS) is 10.9. The second-order valence-corrected chi connectivity index (χ2v) is 4.53. The lowest BCUT2D eigenvalue weighted by atomic mass is 10.2. The van der Waals surface area contributed by atoms with E-state index in [4.69, 9.17) is 9.84 Å². The Bertz CT molecular complexity index is 708. The Morgan fingerprint density at radius 3 is 2.36 bits per heavy atom. The van der Waals surface area contributed by atoms with E-state index >= 15 is 0 Å². The molecule has 0 aromatic heterocycles. The van der Waals surface area contributed by atoms with Gasteiger partial charge in [-0.1, -0.05) is 30.3 Å². The van der Waals surface area contributed by atoms with E-state index < -0.39 is 11.9 Å². The van der Waals surface area contributed by atoms with Crippen LogP contribution in [-0.4, -0.2) is 17.0 Å². The van der Waals surface area contributed by atoms with Crippen LogP contribution >= 0.6 is 0 Å². The Morgan fingerprint density at radius 1 is 1.05 bits per heavy atom. The van der Waals surface area contributed by atoms with E-state index in [-0.39, 0.29) is 5.70 Å². The van der Waals surface area contributed by atoms with Crippen molar-refractivity contribution >= 4 is 18.0 Å². The molecule has 2 aromatic carbocycles. The first kappa shape index (κ1) is 15.3. The molecule has 2 aromatic rings. The smallest absolute Gasteiger partial charge is 0.352 e. The van der Waals surface area contributed by atoms with Crippen molar-refractivity contribution in [2.24, 2.45) is 0 Å². The molecule has 112 valence electrons. The van der Waals surface area contributed by atoms with Crippen LogP contribution in [-0.2, 0) is 9.59 Å². The van der Waals surface area contributed by atoms with Crippen molar-refractivity contribution in [3.05, 3.63) is 65.9 Å². The lowest BCUT2D eigenvalue weighted by molar-refractivity contribution is -0.134. The monoisotopic (exact) mass is 297 g/mol. The molecular weight excluding hydrogens is 282 g/mol. The Hall–Kier alpha value is -3.08. The van der Waals surface area contributed by atoms with Gasteiger partial charge < -0.3 is 15.2 Å². The number of hydrogen-bond donors (Lipinski definition) is 2. The van der Waals surface area contributed by atoms with Crippen molar-refractivity contribution in [2.75, 3.05) is 0 Å². The van der Waals surface area contributed by atoms with Crippen LogP contribution in [0.25, 0.3) is 6.08 Å². The molecule has 0 aliphatic heterocycles. The molecule has 0 radical (unpaired) electrons. The number of hydrogen-bond acceptors (Lipinski definition) is 3. The summed E-state index contributed by atoms with van der Waals surface area (Å²) in [5.74, 6) is -0.383. The zero-order chi connectivity index (χ0) is 15.9. The molecule has 0 atom stereocenters. The highest BCUT2D eigenvalue weighted by molar-refractivity contribution is 5.96. The first-order chi connectivity index (χ1) is 10.5. The molecule has 0 saturated carbocycles. The second kappa shape index (κ2) is 7.08. The van der Waals surface area contributed by atoms with E-state index in [1.54, 1.807) is 24.3 Å². The number of benzene rings is 2. The summed E-state index contributed by atoms with van der Waals surface area (Å²) in [7, 11) is 0. The van der Waals surface area contributed by atoms with Gasteiger partial charge in [0.25, 0.3) is 0 Å². The average molecular weight is 297 g/mol. The van der Waals surface area contributed by atoms with Gasteiger partial charge in [-0.25, -0.2) is 4.79 Å². The van der Waals surface area contributed by atoms with Gasteiger partial charge in [-0.3, -0.25) is 4.79 Å². The van der Waals surface area contributed by atoms with Gasteiger partial charge in [-0.15, -0.1) is 0 Å². The van der Waals surface area contributed by atoms with E-state index in [1.807, 2.05) is 30.3 Å². The quantitative estimate of drug-likeness (QED) is 0.832. The first-order valence-electron chi connectivity index (χ1n) is 6.60. The first-order valence-corrected chi connectivity index (χ1v) is 6.60. The molecule has 0 aliphatic rings. The van der Waals surface area contributed by atoms with Crippen LogP contribution in [0.3, 0.4) is 0 Å². The van der Waals surface area contributed by atoms with E-state index in [0.717, 1.165) is 0 Å². The molecule has 2 rings (SSSR count). The van der Waals surface area contributed by atoms with Crippen molar-refractivity contribution in [3.63, 3.8) is 0 Å². The van der Waals surface area contributed by atoms with Gasteiger partial charge in [-0.2, -0.15) is 0 Å². The highest BCUT2D eigenvalue weighted by Gasteiger charge is 2.09. The standard InChI is InChI=1S/C17H15NO4/c1-12(19)18-16(17(20)21)11-13-6-5-9-15(10-13)22-14-7-3-2-4-8-14/h2-11H,1H3,(H,18,19)(H,20,21). The Labute approximate surface area is 127 Å². The van der Waals surface area contributed by atoms with Gasteiger partial charge in [0.2, 0.25) is 5.91 Å². The molecule has 22 heavy (non-hydrogen) atoms. The number of nitrogens with one attached hydrogen (secondary N) is 1. The highest BCUT2D eigenvalue weighted by atomic mass is 16.5. The third-order valence-corrected chi connectivity index (χ3v) is 2.69. The summed E-state index contributed by atoms with van der Waals surface area (Å²) < 4.78 is 5.68. The fourth-order valence-electron chi connectivity index (χ4n) is 1.80. The number of carbonyl (C=O) groups is 2. The zero-order valence-corrected chi connectivity index (χ0v) is 11.9. The van der Waals surface area contributed by atoms with Crippen LogP contribution in [0.5, 0.6) is 11.5 Å². The molecule has 5 heteroatoms. The third-order valence-electron chi connectivity index (χ3n) is 2.69. The maximum absolute atomic E-state index is 11.1. The molecule has 0 bridgehead atoms. The predicted molar refractivity (Wildman–Crippen MR) is 82.4 cm³/mol. The summed E-state index contributed by atoms with van der Waals surface area (Å²) in [6, 6.07) is 16.2. The number of para-hydroxylation sites is 1. The molecule has 5 nitrogen and oxygen atoms in total. The summed E-state index contributed by atoms with van der Waals surface area (Å²) in [6.45, 7) is 1.26. The van der Waals surface area contributed by atoms with Gasteiger partial charge in [0.15, 0.2) is 0 Å². The molecular formula is C17H15NO4. The number of carboxylic acid groups (broad SMARTS) is 1. The topological polar surface area (TPSA) is 75.6 Å². The number of rotatable bonds is 5.